The number of aromatic nitrogens is 3. The number of nitrogens with zero attached hydrogens (tertiary/aromatic N) is 3. The normalized spacial score (nSPS) is 10.4. The second kappa shape index (κ2) is 9.44. The van der Waals surface area contributed by atoms with Crippen molar-refractivity contribution in [2.75, 3.05) is 13.2 Å². The highest BCUT2D eigenvalue weighted by molar-refractivity contribution is 5.89. The van der Waals surface area contributed by atoms with Crippen molar-refractivity contribution < 1.29 is 14.3 Å². The Hall–Kier alpha value is -2.70. The molecule has 1 aromatic carbocycles. The van der Waals surface area contributed by atoms with Crippen molar-refractivity contribution in [2.24, 2.45) is 0 Å². The summed E-state index contributed by atoms with van der Waals surface area (Å²) < 4.78 is 6.50. The van der Waals surface area contributed by atoms with Gasteiger partial charge in [0.1, 0.15) is 0 Å². The van der Waals surface area contributed by atoms with Gasteiger partial charge in [-0.15, -0.1) is 5.10 Å². The molecule has 1 heterocycles. The molecule has 0 unspecified atom stereocenters. The quantitative estimate of drug-likeness (QED) is 0.559. The van der Waals surface area contributed by atoms with Crippen LogP contribution in [0.15, 0.2) is 36.5 Å². The molecule has 0 atom stereocenters. The molecule has 0 saturated heterocycles. The number of carbonyl (C=O) groups is 2. The topological polar surface area (TPSA) is 86.1 Å². The second-order valence-corrected chi connectivity index (χ2v) is 5.42. The summed E-state index contributed by atoms with van der Waals surface area (Å²) in [5, 5.41) is 10.4. The molecule has 1 amide bonds. The molecule has 0 saturated carbocycles. The average molecular weight is 330 g/mol. The minimum atomic E-state index is -0.655. The summed E-state index contributed by atoms with van der Waals surface area (Å²) in [5.74, 6) is -0.964. The summed E-state index contributed by atoms with van der Waals surface area (Å²) >= 11 is 0. The zero-order valence-corrected chi connectivity index (χ0v) is 13.8. The third-order valence-electron chi connectivity index (χ3n) is 3.37. The molecule has 7 heteroatoms. The van der Waals surface area contributed by atoms with Crippen LogP contribution in [-0.4, -0.2) is 40.0 Å². The molecule has 2 rings (SSSR count). The summed E-state index contributed by atoms with van der Waals surface area (Å²) in [5.41, 5.74) is 1.14. The highest BCUT2D eigenvalue weighted by Crippen LogP contribution is 2.03. The minimum Gasteiger partial charge on any atom is -0.451 e. The zero-order valence-electron chi connectivity index (χ0n) is 13.8. The maximum Gasteiger partial charge on any atom is 0.361 e. The fraction of sp³-hybridized carbons (Fsp3) is 0.412. The van der Waals surface area contributed by atoms with Crippen molar-refractivity contribution in [3.05, 3.63) is 47.8 Å². The summed E-state index contributed by atoms with van der Waals surface area (Å²) in [6, 6.07) is 9.72. The van der Waals surface area contributed by atoms with Crippen molar-refractivity contribution in [1.29, 1.82) is 0 Å². The van der Waals surface area contributed by atoms with E-state index >= 15 is 0 Å². The third kappa shape index (κ3) is 5.83. The number of amides is 1. The number of ether oxygens (including phenoxy) is 1. The van der Waals surface area contributed by atoms with Gasteiger partial charge in [-0.3, -0.25) is 4.79 Å². The fourth-order valence-corrected chi connectivity index (χ4v) is 2.10. The van der Waals surface area contributed by atoms with E-state index in [9.17, 15) is 9.59 Å². The predicted octanol–water partition coefficient (Wildman–Crippen LogP) is 1.79. The van der Waals surface area contributed by atoms with Crippen LogP contribution in [0, 0.1) is 0 Å². The molecular weight excluding hydrogens is 308 g/mol. The van der Waals surface area contributed by atoms with Crippen LogP contribution in [0.1, 0.15) is 42.2 Å². The lowest BCUT2D eigenvalue weighted by Gasteiger charge is -2.04. The Kier molecular flexibility index (Phi) is 6.94. The Morgan fingerprint density at radius 1 is 1.21 bits per heavy atom. The Morgan fingerprint density at radius 2 is 2.00 bits per heavy atom. The van der Waals surface area contributed by atoms with Gasteiger partial charge in [-0.25, -0.2) is 9.48 Å². The van der Waals surface area contributed by atoms with Gasteiger partial charge >= 0.3 is 5.97 Å². The monoisotopic (exact) mass is 330 g/mol. The Morgan fingerprint density at radius 3 is 2.75 bits per heavy atom. The van der Waals surface area contributed by atoms with E-state index in [1.165, 1.54) is 6.20 Å². The van der Waals surface area contributed by atoms with E-state index in [1.807, 2.05) is 30.3 Å². The zero-order chi connectivity index (χ0) is 17.2. The lowest BCUT2D eigenvalue weighted by Crippen LogP contribution is -2.29. The first-order chi connectivity index (χ1) is 11.7. The van der Waals surface area contributed by atoms with Crippen molar-refractivity contribution in [3.8, 4) is 0 Å². The van der Waals surface area contributed by atoms with Crippen LogP contribution in [0.25, 0.3) is 0 Å². The van der Waals surface area contributed by atoms with Gasteiger partial charge in [0.25, 0.3) is 5.91 Å². The molecule has 0 aliphatic rings. The molecule has 1 N–H and O–H groups in total. The summed E-state index contributed by atoms with van der Waals surface area (Å²) in [6.07, 6.45) is 4.58. The van der Waals surface area contributed by atoms with Gasteiger partial charge in [0.05, 0.1) is 12.7 Å². The number of hydrogen-bond donors (Lipinski definition) is 1. The molecule has 128 valence electrons. The van der Waals surface area contributed by atoms with Gasteiger partial charge in [-0.2, -0.15) is 0 Å². The average Bonchev–Trinajstić information content (AvgIpc) is 3.06. The van der Waals surface area contributed by atoms with E-state index in [-0.39, 0.29) is 18.2 Å². The highest BCUT2D eigenvalue weighted by atomic mass is 16.5. The maximum atomic E-state index is 11.9. The van der Waals surface area contributed by atoms with Crippen LogP contribution in [0.3, 0.4) is 0 Å². The van der Waals surface area contributed by atoms with E-state index in [1.54, 1.807) is 4.68 Å². The minimum absolute atomic E-state index is 0.0877. The summed E-state index contributed by atoms with van der Waals surface area (Å²) in [4.78, 5) is 23.4. The second-order valence-electron chi connectivity index (χ2n) is 5.42. The first kappa shape index (κ1) is 17.7. The SMILES string of the molecule is CCCCCNC(=O)COC(=O)c1cn(Cc2ccccc2)nn1. The van der Waals surface area contributed by atoms with Gasteiger partial charge in [0, 0.05) is 6.54 Å². The molecular formula is C17H22N4O3. The molecule has 0 spiro atoms. The third-order valence-corrected chi connectivity index (χ3v) is 3.37. The van der Waals surface area contributed by atoms with Crippen LogP contribution < -0.4 is 5.32 Å². The molecule has 0 aliphatic heterocycles. The molecule has 1 aromatic heterocycles. The lowest BCUT2D eigenvalue weighted by atomic mass is 10.2. The van der Waals surface area contributed by atoms with Crippen LogP contribution in [0.2, 0.25) is 0 Å². The van der Waals surface area contributed by atoms with E-state index < -0.39 is 5.97 Å². The van der Waals surface area contributed by atoms with Crippen LogP contribution >= 0.6 is 0 Å². The Labute approximate surface area is 141 Å². The number of unbranched alkanes of at least 4 members (excludes halogenated alkanes) is 2. The standard InChI is InChI=1S/C17H22N4O3/c1-2-3-7-10-18-16(22)13-24-17(23)15-12-21(20-19-15)11-14-8-5-4-6-9-14/h4-6,8-9,12H,2-3,7,10-11,13H2,1H3,(H,18,22). The first-order valence-corrected chi connectivity index (χ1v) is 8.07. The Balaban J connectivity index is 1.76. The van der Waals surface area contributed by atoms with Crippen LogP contribution in [0.5, 0.6) is 0 Å². The number of benzene rings is 1. The number of rotatable bonds is 9. The molecule has 0 fully saturated rings. The maximum absolute atomic E-state index is 11.9. The van der Waals surface area contributed by atoms with E-state index in [0.29, 0.717) is 13.1 Å². The number of carbonyl (C=O) groups excluding carboxylic acids is 2. The van der Waals surface area contributed by atoms with Gasteiger partial charge in [-0.05, 0) is 12.0 Å². The van der Waals surface area contributed by atoms with Crippen LogP contribution in [-0.2, 0) is 16.1 Å². The van der Waals surface area contributed by atoms with E-state index in [2.05, 4.69) is 22.6 Å². The van der Waals surface area contributed by atoms with Crippen molar-refractivity contribution in [3.63, 3.8) is 0 Å². The molecule has 0 aliphatic carbocycles. The fourth-order valence-electron chi connectivity index (χ4n) is 2.10. The molecule has 24 heavy (non-hydrogen) atoms. The van der Waals surface area contributed by atoms with Gasteiger partial charge in [0.15, 0.2) is 12.3 Å². The van der Waals surface area contributed by atoms with Crippen molar-refractivity contribution in [1.82, 2.24) is 20.3 Å². The predicted molar refractivity (Wildman–Crippen MR) is 88.4 cm³/mol. The lowest BCUT2D eigenvalue weighted by molar-refractivity contribution is -0.124. The number of hydrogen-bond acceptors (Lipinski definition) is 5. The number of nitrogens with one attached hydrogen (secondary N) is 1. The van der Waals surface area contributed by atoms with Gasteiger partial charge in [-0.1, -0.05) is 55.3 Å². The first-order valence-electron chi connectivity index (χ1n) is 8.07. The molecule has 0 radical (unpaired) electrons. The smallest absolute Gasteiger partial charge is 0.361 e. The molecule has 0 bridgehead atoms. The molecule has 7 nitrogen and oxygen atoms in total. The van der Waals surface area contributed by atoms with Gasteiger partial charge < -0.3 is 10.1 Å². The summed E-state index contributed by atoms with van der Waals surface area (Å²) in [6.45, 7) is 2.89. The number of esters is 1. The summed E-state index contributed by atoms with van der Waals surface area (Å²) in [7, 11) is 0. The largest absolute Gasteiger partial charge is 0.451 e. The van der Waals surface area contributed by atoms with Gasteiger partial charge in [0.2, 0.25) is 0 Å². The van der Waals surface area contributed by atoms with E-state index in [4.69, 9.17) is 4.74 Å². The Bertz CT molecular complexity index is 655. The van der Waals surface area contributed by atoms with Crippen molar-refractivity contribution in [2.45, 2.75) is 32.7 Å². The van der Waals surface area contributed by atoms with Crippen LogP contribution in [0.4, 0.5) is 0 Å². The molecule has 2 aromatic rings. The van der Waals surface area contributed by atoms with E-state index in [0.717, 1.165) is 24.8 Å². The highest BCUT2D eigenvalue weighted by Gasteiger charge is 2.14. The van der Waals surface area contributed by atoms with Crippen molar-refractivity contribution >= 4 is 11.9 Å².